The average molecular weight is 278 g/mol. The van der Waals surface area contributed by atoms with Crippen molar-refractivity contribution in [2.24, 2.45) is 0 Å². The minimum atomic E-state index is -1.34. The predicted molar refractivity (Wildman–Crippen MR) is 67.9 cm³/mol. The molecule has 0 aliphatic carbocycles. The van der Waals surface area contributed by atoms with Gasteiger partial charge in [0.2, 0.25) is 5.95 Å². The normalized spacial score (nSPS) is 11.9. The smallest absolute Gasteiger partial charge is 0.255 e. The highest BCUT2D eigenvalue weighted by atomic mass is 19.2. The maximum atomic E-state index is 13.4. The first-order chi connectivity index (χ1) is 9.63. The number of pyridine rings is 1. The molecule has 0 saturated heterocycles. The lowest BCUT2D eigenvalue weighted by molar-refractivity contribution is 0.0910. The molecule has 0 saturated carbocycles. The quantitative estimate of drug-likeness (QED) is 0.839. The van der Waals surface area contributed by atoms with E-state index in [0.29, 0.717) is 5.56 Å². The number of carbonyl (C=O) groups excluding carboxylic acids is 1. The molecule has 1 unspecified atom stereocenters. The van der Waals surface area contributed by atoms with Gasteiger partial charge in [-0.05, 0) is 11.6 Å². The lowest BCUT2D eigenvalue weighted by Gasteiger charge is -2.16. The first kappa shape index (κ1) is 14.1. The molecule has 2 N–H and O–H groups in total. The number of nitrogens with zero attached hydrogens (tertiary/aromatic N) is 1. The number of rotatable bonds is 4. The van der Waals surface area contributed by atoms with E-state index in [2.05, 4.69) is 10.3 Å². The molecule has 1 amide bonds. The monoisotopic (exact) mass is 278 g/mol. The van der Waals surface area contributed by atoms with Gasteiger partial charge in [-0.1, -0.05) is 30.3 Å². The summed E-state index contributed by atoms with van der Waals surface area (Å²) in [6.45, 7) is -0.356. The Hall–Kier alpha value is -2.34. The second-order valence-corrected chi connectivity index (χ2v) is 4.08. The Morgan fingerprint density at radius 1 is 1.25 bits per heavy atom. The molecule has 104 valence electrons. The summed E-state index contributed by atoms with van der Waals surface area (Å²) in [6, 6.07) is 9.09. The van der Waals surface area contributed by atoms with Crippen molar-refractivity contribution >= 4 is 5.91 Å². The van der Waals surface area contributed by atoms with Gasteiger partial charge in [-0.2, -0.15) is 4.39 Å². The van der Waals surface area contributed by atoms with E-state index < -0.39 is 29.3 Å². The van der Waals surface area contributed by atoms with Crippen LogP contribution in [0.3, 0.4) is 0 Å². The van der Waals surface area contributed by atoms with Crippen molar-refractivity contribution < 1.29 is 18.7 Å². The molecule has 1 aromatic heterocycles. The van der Waals surface area contributed by atoms with Crippen molar-refractivity contribution in [1.29, 1.82) is 0 Å². The van der Waals surface area contributed by atoms with E-state index in [1.807, 2.05) is 0 Å². The van der Waals surface area contributed by atoms with Crippen LogP contribution in [0, 0.1) is 11.8 Å². The molecule has 2 aromatic rings. The first-order valence-corrected chi connectivity index (χ1v) is 5.90. The van der Waals surface area contributed by atoms with Crippen molar-refractivity contribution in [2.75, 3.05) is 6.61 Å². The minimum absolute atomic E-state index is 0.356. The molecular weight excluding hydrogens is 266 g/mol. The van der Waals surface area contributed by atoms with Crippen molar-refractivity contribution in [2.45, 2.75) is 6.04 Å². The Bertz CT molecular complexity index is 605. The molecule has 1 aromatic carbocycles. The SMILES string of the molecule is O=C(NC(CO)c1ccccc1)c1ccnc(F)c1F. The number of benzene rings is 1. The van der Waals surface area contributed by atoms with Crippen LogP contribution in [0.4, 0.5) is 8.78 Å². The van der Waals surface area contributed by atoms with E-state index >= 15 is 0 Å². The fourth-order valence-electron chi connectivity index (χ4n) is 1.75. The fraction of sp³-hybridized carbons (Fsp3) is 0.143. The second-order valence-electron chi connectivity index (χ2n) is 4.08. The Morgan fingerprint density at radius 2 is 1.95 bits per heavy atom. The van der Waals surface area contributed by atoms with Crippen LogP contribution >= 0.6 is 0 Å². The van der Waals surface area contributed by atoms with Gasteiger partial charge < -0.3 is 10.4 Å². The molecule has 0 spiro atoms. The summed E-state index contributed by atoms with van der Waals surface area (Å²) in [6.07, 6.45) is 1.00. The molecule has 0 fully saturated rings. The summed E-state index contributed by atoms with van der Waals surface area (Å²) >= 11 is 0. The van der Waals surface area contributed by atoms with Gasteiger partial charge in [0.15, 0.2) is 5.82 Å². The van der Waals surface area contributed by atoms with Crippen LogP contribution in [-0.2, 0) is 0 Å². The average Bonchev–Trinajstić information content (AvgIpc) is 2.48. The van der Waals surface area contributed by atoms with E-state index in [0.717, 1.165) is 12.3 Å². The van der Waals surface area contributed by atoms with Gasteiger partial charge in [-0.25, -0.2) is 9.37 Å². The van der Waals surface area contributed by atoms with Crippen molar-refractivity contribution in [3.05, 3.63) is 65.5 Å². The zero-order valence-electron chi connectivity index (χ0n) is 10.4. The van der Waals surface area contributed by atoms with Crippen LogP contribution in [0.25, 0.3) is 0 Å². The summed E-state index contributed by atoms with van der Waals surface area (Å²) < 4.78 is 26.4. The number of hydrogen-bond acceptors (Lipinski definition) is 3. The largest absolute Gasteiger partial charge is 0.394 e. The number of halogens is 2. The number of amides is 1. The second kappa shape index (κ2) is 6.21. The Kier molecular flexibility index (Phi) is 4.37. The minimum Gasteiger partial charge on any atom is -0.394 e. The summed E-state index contributed by atoms with van der Waals surface area (Å²) in [4.78, 5) is 15.0. The molecule has 0 bridgehead atoms. The van der Waals surface area contributed by atoms with Crippen LogP contribution in [0.5, 0.6) is 0 Å². The fourth-order valence-corrected chi connectivity index (χ4v) is 1.75. The van der Waals surface area contributed by atoms with Crippen molar-refractivity contribution in [1.82, 2.24) is 10.3 Å². The summed E-state index contributed by atoms with van der Waals surface area (Å²) in [5.74, 6) is -3.46. The molecule has 20 heavy (non-hydrogen) atoms. The highest BCUT2D eigenvalue weighted by Gasteiger charge is 2.19. The summed E-state index contributed by atoms with van der Waals surface area (Å²) in [7, 11) is 0. The van der Waals surface area contributed by atoms with Gasteiger partial charge in [-0.3, -0.25) is 4.79 Å². The highest BCUT2D eigenvalue weighted by Crippen LogP contribution is 2.14. The number of carbonyl (C=O) groups is 1. The van der Waals surface area contributed by atoms with Crippen LogP contribution in [0.15, 0.2) is 42.6 Å². The maximum absolute atomic E-state index is 13.4. The Morgan fingerprint density at radius 3 is 2.60 bits per heavy atom. The molecule has 6 heteroatoms. The predicted octanol–water partition coefficient (Wildman–Crippen LogP) is 1.82. The zero-order chi connectivity index (χ0) is 14.5. The third-order valence-corrected chi connectivity index (χ3v) is 2.78. The first-order valence-electron chi connectivity index (χ1n) is 5.90. The van der Waals surface area contributed by atoms with Gasteiger partial charge in [0, 0.05) is 6.20 Å². The molecular formula is C14H12F2N2O2. The van der Waals surface area contributed by atoms with E-state index in [-0.39, 0.29) is 6.61 Å². The van der Waals surface area contributed by atoms with Gasteiger partial charge in [0.25, 0.3) is 5.91 Å². The number of aliphatic hydroxyl groups is 1. The van der Waals surface area contributed by atoms with Crippen LogP contribution < -0.4 is 5.32 Å². The Balaban J connectivity index is 2.20. The van der Waals surface area contributed by atoms with Gasteiger partial charge in [0.05, 0.1) is 18.2 Å². The lowest BCUT2D eigenvalue weighted by atomic mass is 10.1. The summed E-state index contributed by atoms with van der Waals surface area (Å²) in [5, 5.41) is 11.7. The van der Waals surface area contributed by atoms with Gasteiger partial charge in [-0.15, -0.1) is 0 Å². The molecule has 1 heterocycles. The highest BCUT2D eigenvalue weighted by molar-refractivity contribution is 5.94. The molecule has 0 radical (unpaired) electrons. The number of aliphatic hydroxyl groups excluding tert-OH is 1. The van der Waals surface area contributed by atoms with Crippen LogP contribution in [-0.4, -0.2) is 22.6 Å². The molecule has 4 nitrogen and oxygen atoms in total. The van der Waals surface area contributed by atoms with Gasteiger partial charge in [0.1, 0.15) is 0 Å². The van der Waals surface area contributed by atoms with Crippen LogP contribution in [0.2, 0.25) is 0 Å². The molecule has 0 aliphatic rings. The van der Waals surface area contributed by atoms with E-state index in [1.165, 1.54) is 0 Å². The van der Waals surface area contributed by atoms with E-state index in [4.69, 9.17) is 0 Å². The van der Waals surface area contributed by atoms with E-state index in [1.54, 1.807) is 30.3 Å². The standard InChI is InChI=1S/C14H12F2N2O2/c15-12-10(6-7-17-13(12)16)14(20)18-11(8-19)9-4-2-1-3-5-9/h1-7,11,19H,8H2,(H,18,20). The van der Waals surface area contributed by atoms with Gasteiger partial charge >= 0.3 is 0 Å². The number of aromatic nitrogens is 1. The Labute approximate surface area is 114 Å². The third kappa shape index (κ3) is 2.97. The topological polar surface area (TPSA) is 62.2 Å². The third-order valence-electron chi connectivity index (χ3n) is 2.78. The summed E-state index contributed by atoms with van der Waals surface area (Å²) in [5.41, 5.74) is 0.213. The maximum Gasteiger partial charge on any atom is 0.255 e. The zero-order valence-corrected chi connectivity index (χ0v) is 10.4. The van der Waals surface area contributed by atoms with Crippen LogP contribution in [0.1, 0.15) is 22.0 Å². The molecule has 0 aliphatic heterocycles. The van der Waals surface area contributed by atoms with Crippen molar-refractivity contribution in [3.63, 3.8) is 0 Å². The van der Waals surface area contributed by atoms with Crippen molar-refractivity contribution in [3.8, 4) is 0 Å². The molecule has 1 atom stereocenters. The number of nitrogens with one attached hydrogen (secondary N) is 1. The lowest BCUT2D eigenvalue weighted by Crippen LogP contribution is -2.31. The van der Waals surface area contributed by atoms with E-state index in [9.17, 15) is 18.7 Å². The molecule has 2 rings (SSSR count). The number of hydrogen-bond donors (Lipinski definition) is 2.